The van der Waals surface area contributed by atoms with E-state index in [-0.39, 0.29) is 11.6 Å². The topological polar surface area (TPSA) is 66.5 Å². The lowest BCUT2D eigenvalue weighted by molar-refractivity contribution is -0.124. The van der Waals surface area contributed by atoms with Gasteiger partial charge < -0.3 is 15.0 Å². The predicted molar refractivity (Wildman–Crippen MR) is 49.8 cm³/mol. The molecule has 0 aromatic heterocycles. The van der Waals surface area contributed by atoms with E-state index in [9.17, 15) is 14.4 Å². The summed E-state index contributed by atoms with van der Waals surface area (Å²) in [7, 11) is 0. The smallest absolute Gasteiger partial charge is 0.318 e. The molecule has 0 radical (unpaired) electrons. The molecule has 1 unspecified atom stereocenters. The van der Waals surface area contributed by atoms with E-state index in [0.717, 1.165) is 0 Å². The fourth-order valence-corrected chi connectivity index (χ4v) is 1.28. The molecule has 0 aliphatic carbocycles. The molecule has 0 saturated carbocycles. The first-order valence-electron chi connectivity index (χ1n) is 4.27. The van der Waals surface area contributed by atoms with E-state index in [1.54, 1.807) is 0 Å². The van der Waals surface area contributed by atoms with Crippen molar-refractivity contribution in [3.05, 3.63) is 12.2 Å². The number of hydrogen-bond donors (Lipinski definition) is 1. The Morgan fingerprint density at radius 3 is 2.71 bits per heavy atom. The molecule has 1 rings (SSSR count). The van der Waals surface area contributed by atoms with Crippen molar-refractivity contribution in [1.29, 1.82) is 0 Å². The van der Waals surface area contributed by atoms with Crippen molar-refractivity contribution in [2.75, 3.05) is 13.1 Å². The minimum Gasteiger partial charge on any atom is -0.336 e. The Kier molecular flexibility index (Phi) is 3.01. The maximum atomic E-state index is 11.5. The molecule has 0 aromatic rings. The highest BCUT2D eigenvalue weighted by molar-refractivity contribution is 6.09. The molecule has 14 heavy (non-hydrogen) atoms. The lowest BCUT2D eigenvalue weighted by atomic mass is 10.1. The van der Waals surface area contributed by atoms with E-state index in [1.165, 1.54) is 11.8 Å². The molecule has 76 valence electrons. The predicted octanol–water partition coefficient (Wildman–Crippen LogP) is -0.276. The average molecular weight is 196 g/mol. The summed E-state index contributed by atoms with van der Waals surface area (Å²) in [4.78, 5) is 34.5. The maximum Gasteiger partial charge on any atom is 0.318 e. The molecular formula is C9H12N2O3. The molecule has 1 heterocycles. The lowest BCUT2D eigenvalue weighted by Gasteiger charge is -2.20. The minimum atomic E-state index is -1.02. The second kappa shape index (κ2) is 4.04. The van der Waals surface area contributed by atoms with Crippen molar-refractivity contribution >= 4 is 18.1 Å². The molecule has 0 aromatic carbocycles. The van der Waals surface area contributed by atoms with Crippen molar-refractivity contribution in [2.45, 2.75) is 13.0 Å². The molecule has 1 N–H and O–H groups in total. The van der Waals surface area contributed by atoms with Gasteiger partial charge in [0.1, 0.15) is 0 Å². The van der Waals surface area contributed by atoms with Gasteiger partial charge in [-0.25, -0.2) is 4.79 Å². The van der Waals surface area contributed by atoms with Crippen molar-refractivity contribution < 1.29 is 14.4 Å². The highest BCUT2D eigenvalue weighted by atomic mass is 16.2. The zero-order chi connectivity index (χ0) is 10.7. The van der Waals surface area contributed by atoms with Crippen LogP contribution in [0.5, 0.6) is 0 Å². The third kappa shape index (κ3) is 1.81. The standard InChI is InChI=1S/C9H12N2O3/c1-6(2)8(13)7(5-12)11-4-3-10-9(11)14/h5,7H,1,3-4H2,2H3,(H,10,14). The number of rotatable bonds is 4. The first-order chi connectivity index (χ1) is 6.57. The zero-order valence-electron chi connectivity index (χ0n) is 7.95. The van der Waals surface area contributed by atoms with Crippen LogP contribution in [0, 0.1) is 0 Å². The number of nitrogens with one attached hydrogen (secondary N) is 1. The van der Waals surface area contributed by atoms with Gasteiger partial charge in [-0.2, -0.15) is 0 Å². The summed E-state index contributed by atoms with van der Waals surface area (Å²) in [6.45, 7) is 5.82. The Labute approximate surface area is 81.8 Å². The van der Waals surface area contributed by atoms with Crippen LogP contribution >= 0.6 is 0 Å². The first-order valence-corrected chi connectivity index (χ1v) is 4.27. The van der Waals surface area contributed by atoms with Crippen LogP contribution in [0.25, 0.3) is 0 Å². The fraction of sp³-hybridized carbons (Fsp3) is 0.444. The average Bonchev–Trinajstić information content (AvgIpc) is 2.53. The van der Waals surface area contributed by atoms with Crippen LogP contribution < -0.4 is 5.32 Å². The van der Waals surface area contributed by atoms with Crippen molar-refractivity contribution in [3.63, 3.8) is 0 Å². The summed E-state index contributed by atoms with van der Waals surface area (Å²) < 4.78 is 0. The van der Waals surface area contributed by atoms with E-state index < -0.39 is 11.8 Å². The number of hydrogen-bond acceptors (Lipinski definition) is 3. The van der Waals surface area contributed by atoms with Crippen LogP contribution in [0.3, 0.4) is 0 Å². The monoisotopic (exact) mass is 196 g/mol. The van der Waals surface area contributed by atoms with E-state index >= 15 is 0 Å². The van der Waals surface area contributed by atoms with Gasteiger partial charge in [0.15, 0.2) is 18.1 Å². The number of urea groups is 1. The van der Waals surface area contributed by atoms with Gasteiger partial charge in [0.2, 0.25) is 0 Å². The van der Waals surface area contributed by atoms with E-state index in [0.29, 0.717) is 19.4 Å². The fourth-order valence-electron chi connectivity index (χ4n) is 1.28. The van der Waals surface area contributed by atoms with Crippen molar-refractivity contribution in [3.8, 4) is 0 Å². The first kappa shape index (κ1) is 10.4. The molecule has 1 aliphatic rings. The van der Waals surface area contributed by atoms with Gasteiger partial charge >= 0.3 is 6.03 Å². The molecular weight excluding hydrogens is 184 g/mol. The largest absolute Gasteiger partial charge is 0.336 e. The number of carbonyl (C=O) groups is 3. The number of amides is 2. The SMILES string of the molecule is C=C(C)C(=O)C(C=O)N1CCNC1=O. The maximum absolute atomic E-state index is 11.5. The summed E-state index contributed by atoms with van der Waals surface area (Å²) in [6.07, 6.45) is 0.474. The van der Waals surface area contributed by atoms with Crippen LogP contribution in [0.1, 0.15) is 6.92 Å². The van der Waals surface area contributed by atoms with Crippen LogP contribution in [0.4, 0.5) is 4.79 Å². The molecule has 5 heteroatoms. The molecule has 1 fully saturated rings. The molecule has 2 amide bonds. The van der Waals surface area contributed by atoms with Crippen molar-refractivity contribution in [1.82, 2.24) is 10.2 Å². The van der Waals surface area contributed by atoms with Gasteiger partial charge in [-0.3, -0.25) is 4.79 Å². The summed E-state index contributed by atoms with van der Waals surface area (Å²) in [6, 6.07) is -1.40. The quantitative estimate of drug-likeness (QED) is 0.382. The lowest BCUT2D eigenvalue weighted by Crippen LogP contribution is -2.44. The van der Waals surface area contributed by atoms with Crippen LogP contribution in [-0.4, -0.2) is 42.1 Å². The minimum absolute atomic E-state index is 0.279. The molecule has 0 bridgehead atoms. The normalized spacial score (nSPS) is 17.5. The van der Waals surface area contributed by atoms with Gasteiger partial charge in [-0.05, 0) is 12.5 Å². The van der Waals surface area contributed by atoms with Gasteiger partial charge in [0.05, 0.1) is 0 Å². The Morgan fingerprint density at radius 1 is 1.71 bits per heavy atom. The third-order valence-corrected chi connectivity index (χ3v) is 2.04. The Morgan fingerprint density at radius 2 is 2.36 bits per heavy atom. The van der Waals surface area contributed by atoms with Gasteiger partial charge in [-0.15, -0.1) is 0 Å². The van der Waals surface area contributed by atoms with Crippen molar-refractivity contribution in [2.24, 2.45) is 0 Å². The van der Waals surface area contributed by atoms with E-state index in [1.807, 2.05) is 0 Å². The number of Topliss-reactive ketones (excluding diaryl/α,β-unsaturated/α-hetero) is 1. The number of nitrogens with zero attached hydrogens (tertiary/aromatic N) is 1. The highest BCUT2D eigenvalue weighted by Gasteiger charge is 2.32. The third-order valence-electron chi connectivity index (χ3n) is 2.04. The Bertz CT molecular complexity index is 298. The van der Waals surface area contributed by atoms with Gasteiger partial charge in [-0.1, -0.05) is 6.58 Å². The molecule has 1 saturated heterocycles. The number of carbonyl (C=O) groups excluding carboxylic acids is 3. The Hall–Kier alpha value is -1.65. The highest BCUT2D eigenvalue weighted by Crippen LogP contribution is 2.07. The van der Waals surface area contributed by atoms with Crippen LogP contribution in [-0.2, 0) is 9.59 Å². The molecule has 1 atom stereocenters. The number of ketones is 1. The number of aldehydes is 1. The summed E-state index contributed by atoms with van der Waals surface area (Å²) >= 11 is 0. The van der Waals surface area contributed by atoms with Gasteiger partial charge in [0.25, 0.3) is 0 Å². The molecule has 0 spiro atoms. The molecule has 5 nitrogen and oxygen atoms in total. The van der Waals surface area contributed by atoms with Gasteiger partial charge in [0, 0.05) is 13.1 Å². The van der Waals surface area contributed by atoms with E-state index in [4.69, 9.17) is 0 Å². The van der Waals surface area contributed by atoms with Crippen LogP contribution in [0.15, 0.2) is 12.2 Å². The summed E-state index contributed by atoms with van der Waals surface area (Å²) in [5.41, 5.74) is 0.279. The Balaban J connectivity index is 2.80. The zero-order valence-corrected chi connectivity index (χ0v) is 7.95. The molecule has 1 aliphatic heterocycles. The van der Waals surface area contributed by atoms with Crippen LogP contribution in [0.2, 0.25) is 0 Å². The second-order valence-corrected chi connectivity index (χ2v) is 3.15. The van der Waals surface area contributed by atoms with E-state index in [2.05, 4.69) is 11.9 Å². The summed E-state index contributed by atoms with van der Waals surface area (Å²) in [5, 5.41) is 2.52. The summed E-state index contributed by atoms with van der Waals surface area (Å²) in [5.74, 6) is -0.406. The second-order valence-electron chi connectivity index (χ2n) is 3.15.